The van der Waals surface area contributed by atoms with Gasteiger partial charge in [0.15, 0.2) is 6.61 Å². The number of rotatable bonds is 9. The van der Waals surface area contributed by atoms with Crippen LogP contribution in [0.1, 0.15) is 6.92 Å². The first-order chi connectivity index (χ1) is 14.5. The van der Waals surface area contributed by atoms with Crippen LogP contribution in [-0.4, -0.2) is 35.4 Å². The Kier molecular flexibility index (Phi) is 7.15. The summed E-state index contributed by atoms with van der Waals surface area (Å²) in [5.74, 6) is 0.213. The fourth-order valence-corrected chi connectivity index (χ4v) is 2.71. The summed E-state index contributed by atoms with van der Waals surface area (Å²) < 4.78 is 25.1. The number of nitrogens with one attached hydrogen (secondary N) is 1. The van der Waals surface area contributed by atoms with E-state index in [0.29, 0.717) is 12.3 Å². The van der Waals surface area contributed by atoms with Crippen LogP contribution in [-0.2, 0) is 11.3 Å². The minimum absolute atomic E-state index is 0.199. The maximum Gasteiger partial charge on any atom is 0.266 e. The molecule has 0 saturated carbocycles. The summed E-state index contributed by atoms with van der Waals surface area (Å²) in [5.41, 5.74) is 1.22. The molecular weight excluding hydrogens is 389 g/mol. The molecule has 0 aliphatic heterocycles. The van der Waals surface area contributed by atoms with Crippen LogP contribution < -0.4 is 20.3 Å². The average Bonchev–Trinajstić information content (AvgIpc) is 2.74. The lowest BCUT2D eigenvalue weighted by Gasteiger charge is -2.10. The molecule has 8 heteroatoms. The molecule has 0 spiro atoms. The molecule has 7 nitrogen and oxygen atoms in total. The molecule has 2 aromatic carbocycles. The molecule has 3 rings (SSSR count). The minimum atomic E-state index is -0.439. The van der Waals surface area contributed by atoms with Crippen LogP contribution in [0.5, 0.6) is 11.5 Å². The molecule has 0 aliphatic rings. The van der Waals surface area contributed by atoms with Gasteiger partial charge >= 0.3 is 0 Å². The lowest BCUT2D eigenvalue weighted by atomic mass is 10.1. The Labute approximate surface area is 173 Å². The van der Waals surface area contributed by atoms with Crippen molar-refractivity contribution in [1.82, 2.24) is 15.1 Å². The summed E-state index contributed by atoms with van der Waals surface area (Å²) in [6, 6.07) is 16.1. The molecular formula is C22H22FN3O4. The van der Waals surface area contributed by atoms with Gasteiger partial charge in [-0.1, -0.05) is 6.07 Å². The number of nitrogens with zero attached hydrogens (tertiary/aromatic N) is 2. The van der Waals surface area contributed by atoms with Crippen molar-refractivity contribution in [3.05, 3.63) is 76.8 Å². The topological polar surface area (TPSA) is 82.5 Å². The van der Waals surface area contributed by atoms with Crippen LogP contribution in [0.25, 0.3) is 11.3 Å². The average molecular weight is 411 g/mol. The molecule has 0 fully saturated rings. The molecule has 0 saturated heterocycles. The van der Waals surface area contributed by atoms with Gasteiger partial charge in [-0.3, -0.25) is 9.59 Å². The number of ether oxygens (including phenoxy) is 2. The highest BCUT2D eigenvalue weighted by Crippen LogP contribution is 2.19. The van der Waals surface area contributed by atoms with E-state index in [1.54, 1.807) is 12.1 Å². The van der Waals surface area contributed by atoms with Crippen molar-refractivity contribution in [2.24, 2.45) is 0 Å². The van der Waals surface area contributed by atoms with E-state index >= 15 is 0 Å². The van der Waals surface area contributed by atoms with Gasteiger partial charge < -0.3 is 14.8 Å². The molecule has 1 heterocycles. The van der Waals surface area contributed by atoms with E-state index in [9.17, 15) is 14.0 Å². The summed E-state index contributed by atoms with van der Waals surface area (Å²) in [4.78, 5) is 24.0. The molecule has 156 valence electrons. The van der Waals surface area contributed by atoms with Gasteiger partial charge in [0.2, 0.25) is 0 Å². The van der Waals surface area contributed by atoms with Crippen LogP contribution in [0, 0.1) is 5.82 Å². The van der Waals surface area contributed by atoms with Crippen molar-refractivity contribution in [3.8, 4) is 22.8 Å². The molecule has 1 N–H and O–H groups in total. The van der Waals surface area contributed by atoms with Gasteiger partial charge in [0.05, 0.1) is 18.8 Å². The molecule has 0 radical (unpaired) electrons. The number of halogens is 1. The lowest BCUT2D eigenvalue weighted by Crippen LogP contribution is -2.34. The Hall–Kier alpha value is -3.68. The third-order valence-corrected chi connectivity index (χ3v) is 4.14. The van der Waals surface area contributed by atoms with Crippen molar-refractivity contribution in [1.29, 1.82) is 0 Å². The number of carbonyl (C=O) groups is 1. The summed E-state index contributed by atoms with van der Waals surface area (Å²) in [6.07, 6.45) is 0. The quantitative estimate of drug-likeness (QED) is 0.585. The van der Waals surface area contributed by atoms with E-state index in [-0.39, 0.29) is 36.9 Å². The number of aromatic nitrogens is 2. The van der Waals surface area contributed by atoms with Gasteiger partial charge in [0.25, 0.3) is 11.5 Å². The van der Waals surface area contributed by atoms with E-state index in [4.69, 9.17) is 9.47 Å². The molecule has 3 aromatic rings. The van der Waals surface area contributed by atoms with Crippen molar-refractivity contribution in [2.45, 2.75) is 13.5 Å². The first-order valence-corrected chi connectivity index (χ1v) is 9.51. The minimum Gasteiger partial charge on any atom is -0.494 e. The van der Waals surface area contributed by atoms with Gasteiger partial charge in [0.1, 0.15) is 17.3 Å². The third-order valence-electron chi connectivity index (χ3n) is 4.14. The second kappa shape index (κ2) is 10.2. The highest BCUT2D eigenvalue weighted by Gasteiger charge is 2.06. The highest BCUT2D eigenvalue weighted by molar-refractivity contribution is 5.77. The molecule has 1 aromatic heterocycles. The van der Waals surface area contributed by atoms with Gasteiger partial charge in [-0.25, -0.2) is 9.07 Å². The molecule has 0 aliphatic carbocycles. The van der Waals surface area contributed by atoms with Gasteiger partial charge in [-0.2, -0.15) is 5.10 Å². The highest BCUT2D eigenvalue weighted by atomic mass is 19.1. The van der Waals surface area contributed by atoms with Gasteiger partial charge in [-0.15, -0.1) is 0 Å². The first-order valence-electron chi connectivity index (χ1n) is 9.51. The predicted octanol–water partition coefficient (Wildman–Crippen LogP) is 2.64. The molecule has 0 unspecified atom stereocenters. The van der Waals surface area contributed by atoms with Gasteiger partial charge in [0, 0.05) is 24.2 Å². The number of carbonyl (C=O) groups excluding carboxylic acids is 1. The lowest BCUT2D eigenvalue weighted by molar-refractivity contribution is -0.123. The van der Waals surface area contributed by atoms with Crippen molar-refractivity contribution < 1.29 is 18.7 Å². The second-order valence-corrected chi connectivity index (χ2v) is 6.33. The molecule has 30 heavy (non-hydrogen) atoms. The monoisotopic (exact) mass is 411 g/mol. The van der Waals surface area contributed by atoms with Crippen LogP contribution in [0.2, 0.25) is 0 Å². The standard InChI is InChI=1S/C22H22FN3O4/c1-2-29-18-8-6-16(7-9-18)20-10-11-22(28)26(25-20)13-12-24-21(27)15-30-19-5-3-4-17(23)14-19/h3-11,14H,2,12-13,15H2,1H3,(H,24,27). The van der Waals surface area contributed by atoms with Crippen molar-refractivity contribution >= 4 is 5.91 Å². The van der Waals surface area contributed by atoms with Crippen LogP contribution in [0.3, 0.4) is 0 Å². The fourth-order valence-electron chi connectivity index (χ4n) is 2.71. The number of hydrogen-bond donors (Lipinski definition) is 1. The summed E-state index contributed by atoms with van der Waals surface area (Å²) in [6.45, 7) is 2.65. The zero-order valence-corrected chi connectivity index (χ0v) is 16.5. The predicted molar refractivity (Wildman–Crippen MR) is 110 cm³/mol. The SMILES string of the molecule is CCOc1ccc(-c2ccc(=O)n(CCNC(=O)COc3cccc(F)c3)n2)cc1. The zero-order chi connectivity index (χ0) is 21.3. The van der Waals surface area contributed by atoms with Gasteiger partial charge in [-0.05, 0) is 49.4 Å². The third kappa shape index (κ3) is 5.91. The summed E-state index contributed by atoms with van der Waals surface area (Å²) in [5, 5.41) is 7.01. The fraction of sp³-hybridized carbons (Fsp3) is 0.227. The Morgan fingerprint density at radius 3 is 2.60 bits per heavy atom. The van der Waals surface area contributed by atoms with Crippen LogP contribution >= 0.6 is 0 Å². The van der Waals surface area contributed by atoms with E-state index in [2.05, 4.69) is 10.4 Å². The number of amides is 1. The molecule has 0 atom stereocenters. The van der Waals surface area contributed by atoms with Crippen LogP contribution in [0.15, 0.2) is 65.5 Å². The molecule has 0 bridgehead atoms. The second-order valence-electron chi connectivity index (χ2n) is 6.33. The summed E-state index contributed by atoms with van der Waals surface area (Å²) >= 11 is 0. The largest absolute Gasteiger partial charge is 0.494 e. The van der Waals surface area contributed by atoms with E-state index in [0.717, 1.165) is 11.3 Å². The zero-order valence-electron chi connectivity index (χ0n) is 16.5. The van der Waals surface area contributed by atoms with E-state index in [1.165, 1.54) is 28.9 Å². The Morgan fingerprint density at radius 2 is 1.87 bits per heavy atom. The number of hydrogen-bond acceptors (Lipinski definition) is 5. The van der Waals surface area contributed by atoms with Crippen molar-refractivity contribution in [3.63, 3.8) is 0 Å². The Balaban J connectivity index is 1.54. The summed E-state index contributed by atoms with van der Waals surface area (Å²) in [7, 11) is 0. The smallest absolute Gasteiger partial charge is 0.266 e. The molecule has 1 amide bonds. The normalized spacial score (nSPS) is 10.5. The Bertz CT molecular complexity index is 1050. The van der Waals surface area contributed by atoms with Crippen molar-refractivity contribution in [2.75, 3.05) is 19.8 Å². The first kappa shape index (κ1) is 21.0. The maximum atomic E-state index is 13.1. The van der Waals surface area contributed by atoms with E-state index < -0.39 is 5.82 Å². The van der Waals surface area contributed by atoms with E-state index in [1.807, 2.05) is 31.2 Å². The maximum absolute atomic E-state index is 13.1. The number of benzene rings is 2. The van der Waals surface area contributed by atoms with Crippen LogP contribution in [0.4, 0.5) is 4.39 Å². The Morgan fingerprint density at radius 1 is 1.07 bits per heavy atom.